The van der Waals surface area contributed by atoms with Gasteiger partial charge in [-0.2, -0.15) is 0 Å². The van der Waals surface area contributed by atoms with Crippen LogP contribution >= 0.6 is 27.3 Å². The Morgan fingerprint density at radius 3 is 3.00 bits per heavy atom. The number of methoxy groups -OCH3 is 1. The van der Waals surface area contributed by atoms with Gasteiger partial charge in [0.1, 0.15) is 10.8 Å². The van der Waals surface area contributed by atoms with Crippen LogP contribution in [-0.2, 0) is 6.54 Å². The second kappa shape index (κ2) is 5.62. The van der Waals surface area contributed by atoms with Gasteiger partial charge in [-0.15, -0.1) is 11.3 Å². The molecule has 2 rings (SSSR count). The van der Waals surface area contributed by atoms with Crippen LogP contribution in [-0.4, -0.2) is 19.1 Å². The minimum Gasteiger partial charge on any atom is -0.497 e. The number of ether oxygens (including phenoxy) is 1. The summed E-state index contributed by atoms with van der Waals surface area (Å²) in [6.45, 7) is 0.790. The summed E-state index contributed by atoms with van der Waals surface area (Å²) in [5.41, 5.74) is 2.12. The summed E-state index contributed by atoms with van der Waals surface area (Å²) in [6.07, 6.45) is 0. The monoisotopic (exact) mass is 312 g/mol. The molecule has 3 nitrogen and oxygen atoms in total. The Labute approximate surface area is 113 Å². The molecule has 0 amide bonds. The maximum atomic E-state index is 5.23. The Kier molecular flexibility index (Phi) is 4.15. The van der Waals surface area contributed by atoms with E-state index in [0.29, 0.717) is 0 Å². The molecule has 90 valence electrons. The van der Waals surface area contributed by atoms with E-state index in [2.05, 4.69) is 31.6 Å². The van der Waals surface area contributed by atoms with Gasteiger partial charge in [-0.05, 0) is 25.2 Å². The van der Waals surface area contributed by atoms with Gasteiger partial charge in [0.05, 0.1) is 12.8 Å². The third kappa shape index (κ3) is 2.86. The van der Waals surface area contributed by atoms with Crippen molar-refractivity contribution in [1.82, 2.24) is 10.3 Å². The van der Waals surface area contributed by atoms with Crippen LogP contribution in [0.2, 0.25) is 0 Å². The smallest absolute Gasteiger partial charge is 0.124 e. The largest absolute Gasteiger partial charge is 0.497 e. The van der Waals surface area contributed by atoms with Crippen molar-refractivity contribution in [3.8, 4) is 16.3 Å². The molecule has 0 unspecified atom stereocenters. The van der Waals surface area contributed by atoms with Crippen LogP contribution in [0.5, 0.6) is 5.75 Å². The number of aromatic nitrogens is 1. The third-order valence-corrected chi connectivity index (χ3v) is 3.93. The minimum atomic E-state index is 0.790. The molecule has 0 fully saturated rings. The Morgan fingerprint density at radius 2 is 2.29 bits per heavy atom. The molecule has 17 heavy (non-hydrogen) atoms. The van der Waals surface area contributed by atoms with Gasteiger partial charge < -0.3 is 10.1 Å². The number of hydrogen-bond donors (Lipinski definition) is 1. The highest BCUT2D eigenvalue weighted by Gasteiger charge is 2.09. The molecule has 0 saturated heterocycles. The molecule has 1 N–H and O–H groups in total. The molecule has 1 aromatic heterocycles. The fourth-order valence-corrected chi connectivity index (χ4v) is 2.90. The molecule has 0 bridgehead atoms. The van der Waals surface area contributed by atoms with Crippen molar-refractivity contribution in [3.63, 3.8) is 0 Å². The van der Waals surface area contributed by atoms with E-state index < -0.39 is 0 Å². The summed E-state index contributed by atoms with van der Waals surface area (Å²) in [4.78, 5) is 4.58. The first kappa shape index (κ1) is 12.5. The van der Waals surface area contributed by atoms with E-state index in [0.717, 1.165) is 33.0 Å². The van der Waals surface area contributed by atoms with E-state index in [9.17, 15) is 0 Å². The van der Waals surface area contributed by atoms with Crippen molar-refractivity contribution < 1.29 is 4.74 Å². The number of nitrogens with one attached hydrogen (secondary N) is 1. The minimum absolute atomic E-state index is 0.790. The lowest BCUT2D eigenvalue weighted by Gasteiger charge is -2.04. The number of benzene rings is 1. The fourth-order valence-electron chi connectivity index (χ4n) is 1.49. The first-order chi connectivity index (χ1) is 8.24. The van der Waals surface area contributed by atoms with Crippen molar-refractivity contribution in [2.75, 3.05) is 14.2 Å². The standard InChI is InChI=1S/C12H13BrN2OS/c1-14-6-8-7-17-12(15-8)10-5-9(16-2)3-4-11(10)13/h3-5,7,14H,6H2,1-2H3. The predicted octanol–water partition coefficient (Wildman–Crippen LogP) is 3.30. The highest BCUT2D eigenvalue weighted by atomic mass is 79.9. The van der Waals surface area contributed by atoms with Gasteiger partial charge in [-0.3, -0.25) is 0 Å². The number of thiazole rings is 1. The molecule has 0 spiro atoms. The van der Waals surface area contributed by atoms with E-state index in [-0.39, 0.29) is 0 Å². The van der Waals surface area contributed by atoms with Crippen molar-refractivity contribution in [2.24, 2.45) is 0 Å². The summed E-state index contributed by atoms with van der Waals surface area (Å²) in [5.74, 6) is 0.841. The average molecular weight is 313 g/mol. The third-order valence-electron chi connectivity index (χ3n) is 2.31. The predicted molar refractivity (Wildman–Crippen MR) is 74.6 cm³/mol. The normalized spacial score (nSPS) is 10.5. The number of rotatable bonds is 4. The number of halogens is 1. The first-order valence-electron chi connectivity index (χ1n) is 5.17. The lowest BCUT2D eigenvalue weighted by atomic mass is 10.2. The lowest BCUT2D eigenvalue weighted by molar-refractivity contribution is 0.415. The van der Waals surface area contributed by atoms with E-state index >= 15 is 0 Å². The van der Waals surface area contributed by atoms with Crippen molar-refractivity contribution >= 4 is 27.3 Å². The van der Waals surface area contributed by atoms with E-state index in [1.165, 1.54) is 0 Å². The van der Waals surface area contributed by atoms with Crippen LogP contribution < -0.4 is 10.1 Å². The number of hydrogen-bond acceptors (Lipinski definition) is 4. The van der Waals surface area contributed by atoms with Gasteiger partial charge in [-0.1, -0.05) is 15.9 Å². The van der Waals surface area contributed by atoms with Gasteiger partial charge in [-0.25, -0.2) is 4.98 Å². The van der Waals surface area contributed by atoms with Gasteiger partial charge in [0.15, 0.2) is 0 Å². The molecule has 0 aliphatic carbocycles. The molecule has 0 radical (unpaired) electrons. The molecule has 1 aromatic carbocycles. The Balaban J connectivity index is 2.37. The molecule has 0 atom stereocenters. The first-order valence-corrected chi connectivity index (χ1v) is 6.84. The molecule has 5 heteroatoms. The Bertz CT molecular complexity index is 513. The van der Waals surface area contributed by atoms with Gasteiger partial charge in [0, 0.05) is 22.0 Å². The van der Waals surface area contributed by atoms with Crippen molar-refractivity contribution in [2.45, 2.75) is 6.54 Å². The second-order valence-electron chi connectivity index (χ2n) is 3.52. The van der Waals surface area contributed by atoms with Crippen LogP contribution in [0.3, 0.4) is 0 Å². The van der Waals surface area contributed by atoms with Gasteiger partial charge in [0.25, 0.3) is 0 Å². The summed E-state index contributed by atoms with van der Waals surface area (Å²) >= 11 is 5.18. The maximum absolute atomic E-state index is 5.23. The fraction of sp³-hybridized carbons (Fsp3) is 0.250. The van der Waals surface area contributed by atoms with E-state index in [1.807, 2.05) is 25.2 Å². The highest BCUT2D eigenvalue weighted by molar-refractivity contribution is 9.10. The van der Waals surface area contributed by atoms with Crippen molar-refractivity contribution in [3.05, 3.63) is 33.7 Å². The van der Waals surface area contributed by atoms with Crippen LogP contribution in [0.25, 0.3) is 10.6 Å². The molecular weight excluding hydrogens is 300 g/mol. The summed E-state index contributed by atoms with van der Waals surface area (Å²) in [7, 11) is 3.59. The van der Waals surface area contributed by atoms with Crippen LogP contribution in [0.4, 0.5) is 0 Å². The second-order valence-corrected chi connectivity index (χ2v) is 5.23. The SMILES string of the molecule is CNCc1csc(-c2cc(OC)ccc2Br)n1. The quantitative estimate of drug-likeness (QED) is 0.940. The zero-order valence-corrected chi connectivity index (χ0v) is 12.1. The molecular formula is C12H13BrN2OS. The van der Waals surface area contributed by atoms with Crippen molar-refractivity contribution in [1.29, 1.82) is 0 Å². The molecule has 1 heterocycles. The summed E-state index contributed by atoms with van der Waals surface area (Å²) < 4.78 is 6.26. The molecule has 2 aromatic rings. The molecule has 0 saturated carbocycles. The zero-order chi connectivity index (χ0) is 12.3. The Morgan fingerprint density at radius 1 is 1.47 bits per heavy atom. The summed E-state index contributed by atoms with van der Waals surface area (Å²) in [5, 5.41) is 6.16. The van der Waals surface area contributed by atoms with Crippen LogP contribution in [0.1, 0.15) is 5.69 Å². The molecule has 0 aliphatic rings. The highest BCUT2D eigenvalue weighted by Crippen LogP contribution is 2.33. The van der Waals surface area contributed by atoms with E-state index in [1.54, 1.807) is 18.4 Å². The van der Waals surface area contributed by atoms with Gasteiger partial charge in [0.2, 0.25) is 0 Å². The lowest BCUT2D eigenvalue weighted by Crippen LogP contribution is -2.04. The topological polar surface area (TPSA) is 34.1 Å². The van der Waals surface area contributed by atoms with Gasteiger partial charge >= 0.3 is 0 Å². The van der Waals surface area contributed by atoms with Crippen LogP contribution in [0.15, 0.2) is 28.1 Å². The average Bonchev–Trinajstić information content (AvgIpc) is 2.79. The number of nitrogens with zero attached hydrogens (tertiary/aromatic N) is 1. The zero-order valence-electron chi connectivity index (χ0n) is 9.66. The maximum Gasteiger partial charge on any atom is 0.124 e. The van der Waals surface area contributed by atoms with Crippen LogP contribution in [0, 0.1) is 0 Å². The Hall–Kier alpha value is -0.910. The molecule has 0 aliphatic heterocycles. The summed E-state index contributed by atoms with van der Waals surface area (Å²) in [6, 6.07) is 5.90. The van der Waals surface area contributed by atoms with E-state index in [4.69, 9.17) is 4.74 Å².